The van der Waals surface area contributed by atoms with Crippen LogP contribution in [-0.2, 0) is 0 Å². The van der Waals surface area contributed by atoms with E-state index in [0.717, 1.165) is 5.69 Å². The minimum Gasteiger partial charge on any atom is -0.261 e. The van der Waals surface area contributed by atoms with Crippen LogP contribution in [0.4, 0.5) is 0 Å². The van der Waals surface area contributed by atoms with E-state index in [2.05, 4.69) is 4.98 Å². The van der Waals surface area contributed by atoms with Crippen molar-refractivity contribution in [2.75, 3.05) is 0 Å². The molecule has 0 amide bonds. The molecule has 0 unspecified atom stereocenters. The van der Waals surface area contributed by atoms with Crippen LogP contribution in [0.15, 0.2) is 24.4 Å². The molecule has 0 fully saturated rings. The van der Waals surface area contributed by atoms with Gasteiger partial charge in [-0.3, -0.25) is 4.98 Å². The summed E-state index contributed by atoms with van der Waals surface area (Å²) in [6, 6.07) is 4.15. The fourth-order valence-corrected chi connectivity index (χ4v) is 0.686. The number of rotatable bonds is 1. The van der Waals surface area contributed by atoms with Crippen LogP contribution < -0.4 is 0 Å². The quantitative estimate of drug-likeness (QED) is 0.576. The average molecular weight is 135 g/mol. The summed E-state index contributed by atoms with van der Waals surface area (Å²) in [5.74, 6) is 0. The first-order chi connectivity index (χ1) is 5.61. The maximum absolute atomic E-state index is 7.49. The van der Waals surface area contributed by atoms with Crippen LogP contribution in [0.25, 0.3) is 6.05 Å². The molecule has 1 aromatic heterocycles. The topological polar surface area (TPSA) is 12.9 Å². The van der Waals surface area contributed by atoms with Gasteiger partial charge in [0.05, 0.1) is 2.74 Å². The summed E-state index contributed by atoms with van der Waals surface area (Å²) in [7, 11) is 0. The normalized spacial score (nSPS) is 15.4. The van der Waals surface area contributed by atoms with Crippen LogP contribution in [0.3, 0.4) is 0 Å². The molecule has 0 saturated carbocycles. The number of nitrogens with zero attached hydrogens (tertiary/aromatic N) is 1. The van der Waals surface area contributed by atoms with Gasteiger partial charge in [0.25, 0.3) is 0 Å². The lowest BCUT2D eigenvalue weighted by molar-refractivity contribution is 1.19. The first-order valence-corrected chi connectivity index (χ1v) is 3.18. The maximum Gasteiger partial charge on any atom is 0.0626 e. The first-order valence-electron chi connectivity index (χ1n) is 4.18. The van der Waals surface area contributed by atoms with E-state index in [9.17, 15) is 0 Å². The molecule has 0 saturated heterocycles. The van der Waals surface area contributed by atoms with Gasteiger partial charge in [-0.15, -0.1) is 0 Å². The van der Waals surface area contributed by atoms with Crippen molar-refractivity contribution in [3.63, 3.8) is 0 Å². The second-order valence-electron chi connectivity index (χ2n) is 2.06. The molecule has 1 rings (SSSR count). The Labute approximate surface area is 64.2 Å². The van der Waals surface area contributed by atoms with Gasteiger partial charge < -0.3 is 0 Å². The van der Waals surface area contributed by atoms with E-state index in [0.29, 0.717) is 5.56 Å². The number of aromatic nitrogens is 1. The maximum atomic E-state index is 7.49. The molecule has 1 heteroatoms. The molecule has 0 aliphatic carbocycles. The summed E-state index contributed by atoms with van der Waals surface area (Å²) in [6.07, 6.45) is 1.62. The van der Waals surface area contributed by atoms with Crippen LogP contribution in [0.2, 0.25) is 0 Å². The molecule has 0 bridgehead atoms. The Morgan fingerprint density at radius 1 is 1.60 bits per heavy atom. The fraction of sp³-hybridized carbons (Fsp3) is 0.222. The van der Waals surface area contributed by atoms with Gasteiger partial charge in [0.2, 0.25) is 0 Å². The highest BCUT2D eigenvalue weighted by Crippen LogP contribution is 2.00. The van der Waals surface area contributed by atoms with E-state index >= 15 is 0 Å². The average Bonchev–Trinajstić information content (AvgIpc) is 2.04. The van der Waals surface area contributed by atoms with Gasteiger partial charge in [-0.1, -0.05) is 18.2 Å². The molecular formula is C9H11N. The van der Waals surface area contributed by atoms with Gasteiger partial charge >= 0.3 is 0 Å². The highest BCUT2D eigenvalue weighted by Gasteiger charge is 1.84. The summed E-state index contributed by atoms with van der Waals surface area (Å²) in [5.41, 5.74) is 1.63. The van der Waals surface area contributed by atoms with E-state index < -0.39 is 0 Å². The van der Waals surface area contributed by atoms with Crippen molar-refractivity contribution < 1.29 is 2.74 Å². The van der Waals surface area contributed by atoms with Crippen molar-refractivity contribution in [3.05, 3.63) is 35.6 Å². The highest BCUT2D eigenvalue weighted by molar-refractivity contribution is 5.47. The predicted octanol–water partition coefficient (Wildman–Crippen LogP) is 2.42. The minimum absolute atomic E-state index is 0.238. The van der Waals surface area contributed by atoms with E-state index in [4.69, 9.17) is 2.74 Å². The minimum atomic E-state index is 0.238. The second-order valence-corrected chi connectivity index (χ2v) is 2.06. The number of pyridine rings is 1. The highest BCUT2D eigenvalue weighted by atomic mass is 14.6. The zero-order valence-corrected chi connectivity index (χ0v) is 6.18. The largest absolute Gasteiger partial charge is 0.261 e. The van der Waals surface area contributed by atoms with Crippen molar-refractivity contribution in [2.24, 2.45) is 0 Å². The molecule has 1 aromatic rings. The lowest BCUT2D eigenvalue weighted by Crippen LogP contribution is -1.79. The smallest absolute Gasteiger partial charge is 0.0626 e. The van der Waals surface area contributed by atoms with Crippen LogP contribution in [0.1, 0.15) is 20.9 Å². The summed E-state index contributed by atoms with van der Waals surface area (Å²) < 4.78 is 14.7. The van der Waals surface area contributed by atoms with Gasteiger partial charge in [-0.2, -0.15) is 0 Å². The van der Waals surface area contributed by atoms with Crippen molar-refractivity contribution in [1.82, 2.24) is 4.98 Å². The van der Waals surface area contributed by atoms with E-state index in [-0.39, 0.29) is 12.1 Å². The molecule has 10 heavy (non-hydrogen) atoms. The zero-order chi connectivity index (χ0) is 9.14. The van der Waals surface area contributed by atoms with Crippen molar-refractivity contribution >= 4 is 6.05 Å². The SMILES string of the molecule is [2H]/C(C)=C(/[2H])c1ccc(C)nc1. The van der Waals surface area contributed by atoms with Gasteiger partial charge in [-0.05, 0) is 25.5 Å². The summed E-state index contributed by atoms with van der Waals surface area (Å²) in [5, 5.41) is 0. The number of hydrogen-bond donors (Lipinski definition) is 0. The lowest BCUT2D eigenvalue weighted by Gasteiger charge is -1.91. The zero-order valence-electron chi connectivity index (χ0n) is 8.18. The molecule has 0 radical (unpaired) electrons. The second kappa shape index (κ2) is 3.16. The predicted molar refractivity (Wildman–Crippen MR) is 43.7 cm³/mol. The Kier molecular flexibility index (Phi) is 1.47. The monoisotopic (exact) mass is 135 g/mol. The molecular weight excluding hydrogens is 122 g/mol. The molecule has 0 aromatic carbocycles. The summed E-state index contributed by atoms with van der Waals surface area (Å²) in [4.78, 5) is 4.05. The van der Waals surface area contributed by atoms with E-state index in [1.54, 1.807) is 13.1 Å². The standard InChI is InChI=1S/C9H11N/c1-3-4-9-6-5-8(2)10-7-9/h3-7H,1-2H3/b4-3+/i3D,4D. The Bertz CT molecular complexity index is 297. The van der Waals surface area contributed by atoms with Gasteiger partial charge in [0.1, 0.15) is 0 Å². The summed E-state index contributed by atoms with van der Waals surface area (Å²) >= 11 is 0. The Morgan fingerprint density at radius 3 is 2.90 bits per heavy atom. The number of allylic oxidation sites excluding steroid dienone is 1. The summed E-state index contributed by atoms with van der Waals surface area (Å²) in [6.45, 7) is 3.49. The molecule has 0 aliphatic heterocycles. The van der Waals surface area contributed by atoms with Crippen molar-refractivity contribution in [2.45, 2.75) is 13.8 Å². The molecule has 0 atom stereocenters. The van der Waals surface area contributed by atoms with Crippen molar-refractivity contribution in [3.8, 4) is 0 Å². The molecule has 1 heterocycles. The number of aryl methyl sites for hydroxylation is 1. The van der Waals surface area contributed by atoms with Gasteiger partial charge in [0, 0.05) is 11.9 Å². The van der Waals surface area contributed by atoms with Gasteiger partial charge in [-0.25, -0.2) is 0 Å². The van der Waals surface area contributed by atoms with Crippen LogP contribution in [0.5, 0.6) is 0 Å². The number of hydrogen-bond acceptors (Lipinski definition) is 1. The third-order valence-electron chi connectivity index (χ3n) is 1.18. The molecule has 1 nitrogen and oxygen atoms in total. The van der Waals surface area contributed by atoms with E-state index in [1.807, 2.05) is 19.1 Å². The van der Waals surface area contributed by atoms with Gasteiger partial charge in [0.15, 0.2) is 0 Å². The first kappa shape index (κ1) is 4.67. The fourth-order valence-electron chi connectivity index (χ4n) is 0.686. The van der Waals surface area contributed by atoms with Crippen LogP contribution in [-0.4, -0.2) is 4.98 Å². The Hall–Kier alpha value is -1.11. The Morgan fingerprint density at radius 2 is 2.40 bits per heavy atom. The van der Waals surface area contributed by atoms with Crippen molar-refractivity contribution in [1.29, 1.82) is 0 Å². The van der Waals surface area contributed by atoms with Crippen LogP contribution >= 0.6 is 0 Å². The molecule has 0 spiro atoms. The third-order valence-corrected chi connectivity index (χ3v) is 1.18. The van der Waals surface area contributed by atoms with Crippen LogP contribution in [0, 0.1) is 6.92 Å². The molecule has 0 aliphatic rings. The Balaban J connectivity index is 3.06. The van der Waals surface area contributed by atoms with E-state index in [1.165, 1.54) is 0 Å². The molecule has 0 N–H and O–H groups in total. The third kappa shape index (κ3) is 1.69. The lowest BCUT2D eigenvalue weighted by atomic mass is 10.2. The molecule has 52 valence electrons.